The summed E-state index contributed by atoms with van der Waals surface area (Å²) in [5, 5.41) is 3.25. The Kier molecular flexibility index (Phi) is 4.57. The molecule has 124 valence electrons. The van der Waals surface area contributed by atoms with Gasteiger partial charge in [-0.1, -0.05) is 17.3 Å². The summed E-state index contributed by atoms with van der Waals surface area (Å²) >= 11 is 0. The van der Waals surface area contributed by atoms with Crippen molar-refractivity contribution < 1.29 is 22.5 Å². The van der Waals surface area contributed by atoms with Crippen LogP contribution in [0.5, 0.6) is 0 Å². The minimum atomic E-state index is -4.72. The fourth-order valence-electron chi connectivity index (χ4n) is 2.02. The van der Waals surface area contributed by atoms with E-state index in [2.05, 4.69) is 14.7 Å². The number of benzene rings is 1. The molecule has 0 bridgehead atoms. The SMILES string of the molecule is CN(C)c1ccc(C(Cc2noc(C(F)(F)F)n2)C(N)=O)cc1. The molecule has 0 saturated heterocycles. The number of aromatic nitrogens is 2. The maximum Gasteiger partial charge on any atom is 0.471 e. The molecule has 1 amide bonds. The third-order valence-corrected chi connectivity index (χ3v) is 3.25. The number of alkyl halides is 3. The van der Waals surface area contributed by atoms with Gasteiger partial charge in [-0.3, -0.25) is 4.79 Å². The predicted molar refractivity (Wildman–Crippen MR) is 75.7 cm³/mol. The first-order valence-electron chi connectivity index (χ1n) is 6.65. The van der Waals surface area contributed by atoms with Gasteiger partial charge in [0.1, 0.15) is 0 Å². The molecule has 0 aliphatic carbocycles. The van der Waals surface area contributed by atoms with Gasteiger partial charge in [0, 0.05) is 26.2 Å². The van der Waals surface area contributed by atoms with Crippen LogP contribution in [-0.2, 0) is 17.4 Å². The topological polar surface area (TPSA) is 85.2 Å². The Morgan fingerprint density at radius 1 is 1.30 bits per heavy atom. The van der Waals surface area contributed by atoms with E-state index in [9.17, 15) is 18.0 Å². The molecule has 0 aliphatic rings. The van der Waals surface area contributed by atoms with Crippen LogP contribution in [0.4, 0.5) is 18.9 Å². The van der Waals surface area contributed by atoms with Gasteiger partial charge in [-0.05, 0) is 17.7 Å². The molecule has 2 rings (SSSR count). The molecule has 2 N–H and O–H groups in total. The zero-order valence-corrected chi connectivity index (χ0v) is 12.5. The van der Waals surface area contributed by atoms with Crippen LogP contribution >= 0.6 is 0 Å². The lowest BCUT2D eigenvalue weighted by Gasteiger charge is -2.15. The summed E-state index contributed by atoms with van der Waals surface area (Å²) in [7, 11) is 3.72. The van der Waals surface area contributed by atoms with Crippen LogP contribution in [0.2, 0.25) is 0 Å². The lowest BCUT2D eigenvalue weighted by Crippen LogP contribution is -2.24. The van der Waals surface area contributed by atoms with E-state index in [0.717, 1.165) is 5.69 Å². The molecule has 0 fully saturated rings. The molecule has 1 unspecified atom stereocenters. The van der Waals surface area contributed by atoms with Crippen LogP contribution in [0, 0.1) is 0 Å². The first-order valence-corrected chi connectivity index (χ1v) is 6.65. The number of anilines is 1. The zero-order valence-electron chi connectivity index (χ0n) is 12.5. The molecular weight excluding hydrogens is 313 g/mol. The summed E-state index contributed by atoms with van der Waals surface area (Å²) in [5.74, 6) is -3.19. The van der Waals surface area contributed by atoms with Crippen molar-refractivity contribution >= 4 is 11.6 Å². The number of nitrogens with two attached hydrogens (primary N) is 1. The van der Waals surface area contributed by atoms with Crippen molar-refractivity contribution in [1.82, 2.24) is 10.1 Å². The maximum absolute atomic E-state index is 12.4. The molecule has 1 heterocycles. The predicted octanol–water partition coefficient (Wildman–Crippen LogP) is 1.97. The number of rotatable bonds is 5. The molecule has 6 nitrogen and oxygen atoms in total. The van der Waals surface area contributed by atoms with Crippen molar-refractivity contribution in [2.24, 2.45) is 5.73 Å². The fraction of sp³-hybridized carbons (Fsp3) is 0.357. The highest BCUT2D eigenvalue weighted by Gasteiger charge is 2.38. The highest BCUT2D eigenvalue weighted by molar-refractivity contribution is 5.82. The van der Waals surface area contributed by atoms with Gasteiger partial charge in [0.2, 0.25) is 5.91 Å². The third-order valence-electron chi connectivity index (χ3n) is 3.25. The van der Waals surface area contributed by atoms with Gasteiger partial charge >= 0.3 is 12.1 Å². The van der Waals surface area contributed by atoms with Gasteiger partial charge in [0.05, 0.1) is 5.92 Å². The monoisotopic (exact) mass is 328 g/mol. The number of carbonyl (C=O) groups is 1. The summed E-state index contributed by atoms with van der Waals surface area (Å²) < 4.78 is 41.5. The summed E-state index contributed by atoms with van der Waals surface area (Å²) in [6.45, 7) is 0. The maximum atomic E-state index is 12.4. The zero-order chi connectivity index (χ0) is 17.2. The largest absolute Gasteiger partial charge is 0.471 e. The van der Waals surface area contributed by atoms with Gasteiger partial charge < -0.3 is 15.2 Å². The lowest BCUT2D eigenvalue weighted by atomic mass is 9.94. The summed E-state index contributed by atoms with van der Waals surface area (Å²) in [5.41, 5.74) is 6.83. The third kappa shape index (κ3) is 3.99. The fourth-order valence-corrected chi connectivity index (χ4v) is 2.02. The summed E-state index contributed by atoms with van der Waals surface area (Å²) in [4.78, 5) is 16.8. The van der Waals surface area contributed by atoms with E-state index in [0.29, 0.717) is 5.56 Å². The van der Waals surface area contributed by atoms with Gasteiger partial charge in [-0.25, -0.2) is 0 Å². The van der Waals surface area contributed by atoms with Crippen LogP contribution < -0.4 is 10.6 Å². The molecule has 23 heavy (non-hydrogen) atoms. The summed E-state index contributed by atoms with van der Waals surface area (Å²) in [6, 6.07) is 6.94. The average Bonchev–Trinajstić information content (AvgIpc) is 2.93. The first kappa shape index (κ1) is 16.8. The Labute approximate surface area is 130 Å². The van der Waals surface area contributed by atoms with Crippen molar-refractivity contribution in [2.45, 2.75) is 18.5 Å². The Morgan fingerprint density at radius 2 is 1.91 bits per heavy atom. The van der Waals surface area contributed by atoms with E-state index < -0.39 is 23.9 Å². The Balaban J connectivity index is 2.22. The van der Waals surface area contributed by atoms with Crippen molar-refractivity contribution in [3.05, 3.63) is 41.5 Å². The van der Waals surface area contributed by atoms with Crippen LogP contribution in [0.1, 0.15) is 23.2 Å². The first-order chi connectivity index (χ1) is 10.7. The lowest BCUT2D eigenvalue weighted by molar-refractivity contribution is -0.159. The van der Waals surface area contributed by atoms with Crippen molar-refractivity contribution in [3.63, 3.8) is 0 Å². The van der Waals surface area contributed by atoms with Gasteiger partial charge in [0.15, 0.2) is 5.82 Å². The number of hydrogen-bond acceptors (Lipinski definition) is 5. The number of amides is 1. The number of hydrogen-bond donors (Lipinski definition) is 1. The Morgan fingerprint density at radius 3 is 2.35 bits per heavy atom. The minimum Gasteiger partial charge on any atom is -0.378 e. The number of primary amides is 1. The van der Waals surface area contributed by atoms with E-state index in [1.54, 1.807) is 24.3 Å². The summed E-state index contributed by atoms with van der Waals surface area (Å²) in [6.07, 6.45) is -4.89. The number of carbonyl (C=O) groups excluding carboxylic acids is 1. The molecule has 0 saturated carbocycles. The van der Waals surface area contributed by atoms with Crippen LogP contribution in [0.15, 0.2) is 28.8 Å². The van der Waals surface area contributed by atoms with E-state index in [-0.39, 0.29) is 12.2 Å². The highest BCUT2D eigenvalue weighted by atomic mass is 19.4. The van der Waals surface area contributed by atoms with Crippen LogP contribution in [0.25, 0.3) is 0 Å². The van der Waals surface area contributed by atoms with E-state index in [1.165, 1.54) is 0 Å². The van der Waals surface area contributed by atoms with Gasteiger partial charge in [0.25, 0.3) is 0 Å². The van der Waals surface area contributed by atoms with E-state index in [1.807, 2.05) is 19.0 Å². The molecule has 1 aromatic carbocycles. The minimum absolute atomic E-state index is 0.170. The number of halogens is 3. The van der Waals surface area contributed by atoms with Gasteiger partial charge in [-0.2, -0.15) is 18.2 Å². The molecular formula is C14H15F3N4O2. The second kappa shape index (κ2) is 6.27. The standard InChI is InChI=1S/C14H15F3N4O2/c1-21(2)9-5-3-8(4-6-9)10(12(18)22)7-11-19-13(23-20-11)14(15,16)17/h3-6,10H,7H2,1-2H3,(H2,18,22). The van der Waals surface area contributed by atoms with Gasteiger partial charge in [-0.15, -0.1) is 0 Å². The average molecular weight is 328 g/mol. The highest BCUT2D eigenvalue weighted by Crippen LogP contribution is 2.28. The van der Waals surface area contributed by atoms with Crippen molar-refractivity contribution in [3.8, 4) is 0 Å². The Hall–Kier alpha value is -2.58. The number of nitrogens with zero attached hydrogens (tertiary/aromatic N) is 3. The molecule has 0 aliphatic heterocycles. The smallest absolute Gasteiger partial charge is 0.378 e. The second-order valence-electron chi connectivity index (χ2n) is 5.16. The normalized spacial score (nSPS) is 12.9. The molecule has 1 aromatic heterocycles. The second-order valence-corrected chi connectivity index (χ2v) is 5.16. The Bertz CT molecular complexity index is 680. The molecule has 0 spiro atoms. The van der Waals surface area contributed by atoms with Crippen molar-refractivity contribution in [1.29, 1.82) is 0 Å². The van der Waals surface area contributed by atoms with E-state index in [4.69, 9.17) is 5.73 Å². The van der Waals surface area contributed by atoms with Crippen LogP contribution in [0.3, 0.4) is 0 Å². The molecule has 2 aromatic rings. The van der Waals surface area contributed by atoms with Crippen LogP contribution in [-0.4, -0.2) is 30.1 Å². The quantitative estimate of drug-likeness (QED) is 0.907. The van der Waals surface area contributed by atoms with Crippen molar-refractivity contribution in [2.75, 3.05) is 19.0 Å². The van der Waals surface area contributed by atoms with E-state index >= 15 is 0 Å². The molecule has 0 radical (unpaired) electrons. The molecule has 1 atom stereocenters. The molecule has 9 heteroatoms.